The van der Waals surface area contributed by atoms with Gasteiger partial charge in [0.05, 0.1) is 31.9 Å². The lowest BCUT2D eigenvalue weighted by molar-refractivity contribution is 0.0958. The van der Waals surface area contributed by atoms with Crippen molar-refractivity contribution in [2.45, 2.75) is 37.8 Å². The van der Waals surface area contributed by atoms with E-state index in [-0.39, 0.29) is 18.1 Å². The number of aromatic nitrogens is 4. The Morgan fingerprint density at radius 2 is 1.92 bits per heavy atom. The van der Waals surface area contributed by atoms with Gasteiger partial charge in [-0.1, -0.05) is 0 Å². The van der Waals surface area contributed by atoms with Crippen molar-refractivity contribution in [3.8, 4) is 11.6 Å². The highest BCUT2D eigenvalue weighted by Gasteiger charge is 2.25. The first-order valence-corrected chi connectivity index (χ1v) is 12.3. The second-order valence-electron chi connectivity index (χ2n) is 8.90. The molecule has 5 rings (SSSR count). The normalized spacial score (nSPS) is 20.1. The van der Waals surface area contributed by atoms with Gasteiger partial charge in [-0.25, -0.2) is 19.9 Å². The number of amides is 1. The standard InChI is InChI=1S/C25H31N7O4/c1-26-23(33)19-7-8-27-25(31-19)30-16-3-5-18(6-4-16)36-21-14-17(32-9-11-35-12-10-32)13-20-22(21)24(34-2)29-15-28-20/h7-8,13-16,18H,3-6,9-12H2,1-2H3,(H,26,33)(H,27,30,31). The molecule has 2 aromatic heterocycles. The van der Waals surface area contributed by atoms with E-state index in [0.717, 1.165) is 61.1 Å². The maximum Gasteiger partial charge on any atom is 0.269 e. The highest BCUT2D eigenvalue weighted by molar-refractivity contribution is 5.93. The summed E-state index contributed by atoms with van der Waals surface area (Å²) in [6.45, 7) is 3.06. The molecule has 0 atom stereocenters. The van der Waals surface area contributed by atoms with Gasteiger partial charge in [0.1, 0.15) is 23.2 Å². The molecule has 1 amide bonds. The van der Waals surface area contributed by atoms with Crippen molar-refractivity contribution in [2.75, 3.05) is 50.7 Å². The summed E-state index contributed by atoms with van der Waals surface area (Å²) in [6, 6.07) is 5.94. The number of fused-ring (bicyclic) bond motifs is 1. The molecule has 36 heavy (non-hydrogen) atoms. The molecule has 0 radical (unpaired) electrons. The summed E-state index contributed by atoms with van der Waals surface area (Å²) in [6.07, 6.45) is 6.69. The average molecular weight is 494 g/mol. The minimum absolute atomic E-state index is 0.0502. The van der Waals surface area contributed by atoms with Crippen LogP contribution in [0.15, 0.2) is 30.7 Å². The smallest absolute Gasteiger partial charge is 0.269 e. The van der Waals surface area contributed by atoms with Gasteiger partial charge >= 0.3 is 0 Å². The second kappa shape index (κ2) is 10.9. The van der Waals surface area contributed by atoms with Crippen molar-refractivity contribution >= 4 is 28.4 Å². The van der Waals surface area contributed by atoms with Gasteiger partial charge in [-0.2, -0.15) is 0 Å². The predicted molar refractivity (Wildman–Crippen MR) is 135 cm³/mol. The number of carbonyl (C=O) groups is 1. The van der Waals surface area contributed by atoms with E-state index >= 15 is 0 Å². The lowest BCUT2D eigenvalue weighted by Crippen LogP contribution is -2.36. The van der Waals surface area contributed by atoms with Crippen LogP contribution in [0.4, 0.5) is 11.6 Å². The van der Waals surface area contributed by atoms with Crippen LogP contribution in [-0.2, 0) is 4.74 Å². The molecule has 3 aromatic rings. The zero-order chi connectivity index (χ0) is 24.9. The molecule has 190 valence electrons. The fourth-order valence-corrected chi connectivity index (χ4v) is 4.73. The molecule has 2 N–H and O–H groups in total. The Bertz CT molecular complexity index is 1210. The number of nitrogens with one attached hydrogen (secondary N) is 2. The lowest BCUT2D eigenvalue weighted by atomic mass is 9.93. The number of ether oxygens (including phenoxy) is 3. The van der Waals surface area contributed by atoms with Crippen LogP contribution in [0.1, 0.15) is 36.2 Å². The number of hydrogen-bond donors (Lipinski definition) is 2. The van der Waals surface area contributed by atoms with Crippen LogP contribution in [0, 0.1) is 0 Å². The van der Waals surface area contributed by atoms with E-state index in [0.29, 0.717) is 30.7 Å². The molecule has 2 aliphatic rings. The first-order chi connectivity index (χ1) is 17.6. The van der Waals surface area contributed by atoms with Crippen molar-refractivity contribution < 1.29 is 19.0 Å². The number of nitrogens with zero attached hydrogens (tertiary/aromatic N) is 5. The second-order valence-corrected chi connectivity index (χ2v) is 8.90. The van der Waals surface area contributed by atoms with E-state index in [1.807, 2.05) is 0 Å². The van der Waals surface area contributed by atoms with Gasteiger partial charge in [0.2, 0.25) is 11.8 Å². The molecule has 1 aromatic carbocycles. The van der Waals surface area contributed by atoms with Crippen LogP contribution in [0.5, 0.6) is 11.6 Å². The Morgan fingerprint density at radius 1 is 1.11 bits per heavy atom. The third-order valence-electron chi connectivity index (χ3n) is 6.64. The first kappa shape index (κ1) is 24.0. The van der Waals surface area contributed by atoms with Gasteiger partial charge < -0.3 is 29.7 Å². The van der Waals surface area contributed by atoms with Crippen LogP contribution in [0.2, 0.25) is 0 Å². The number of morpholine rings is 1. The summed E-state index contributed by atoms with van der Waals surface area (Å²) in [7, 11) is 3.19. The largest absolute Gasteiger partial charge is 0.489 e. The molecule has 1 saturated heterocycles. The third kappa shape index (κ3) is 5.25. The Morgan fingerprint density at radius 3 is 2.67 bits per heavy atom. The number of rotatable bonds is 7. The molecule has 0 unspecified atom stereocenters. The summed E-state index contributed by atoms with van der Waals surface area (Å²) < 4.78 is 17.6. The van der Waals surface area contributed by atoms with E-state index < -0.39 is 0 Å². The predicted octanol–water partition coefficient (Wildman–Crippen LogP) is 2.43. The van der Waals surface area contributed by atoms with Gasteiger partial charge in [0, 0.05) is 44.1 Å². The summed E-state index contributed by atoms with van der Waals surface area (Å²) in [5.74, 6) is 1.48. The summed E-state index contributed by atoms with van der Waals surface area (Å²) in [5.41, 5.74) is 2.20. The van der Waals surface area contributed by atoms with Crippen LogP contribution in [0.3, 0.4) is 0 Å². The van der Waals surface area contributed by atoms with Crippen LogP contribution >= 0.6 is 0 Å². The van der Waals surface area contributed by atoms with E-state index in [4.69, 9.17) is 14.2 Å². The SMILES string of the molecule is CNC(=O)c1ccnc(NC2CCC(Oc3cc(N4CCOCC4)cc4ncnc(OC)c34)CC2)n1. The zero-order valence-corrected chi connectivity index (χ0v) is 20.6. The monoisotopic (exact) mass is 493 g/mol. The maximum absolute atomic E-state index is 11.9. The van der Waals surface area contributed by atoms with Gasteiger partial charge in [0.15, 0.2) is 0 Å². The number of anilines is 2. The molecule has 0 bridgehead atoms. The minimum atomic E-state index is -0.233. The van der Waals surface area contributed by atoms with Crippen LogP contribution < -0.4 is 25.0 Å². The number of methoxy groups -OCH3 is 1. The quantitative estimate of drug-likeness (QED) is 0.507. The topological polar surface area (TPSA) is 124 Å². The molecule has 1 aliphatic heterocycles. The summed E-state index contributed by atoms with van der Waals surface area (Å²) in [4.78, 5) is 31.6. The molecular formula is C25H31N7O4. The molecule has 11 nitrogen and oxygen atoms in total. The van der Waals surface area contributed by atoms with Crippen molar-refractivity contribution in [1.82, 2.24) is 25.3 Å². The molecule has 11 heteroatoms. The Balaban J connectivity index is 1.30. The van der Waals surface area contributed by atoms with Crippen LogP contribution in [0.25, 0.3) is 10.9 Å². The molecular weight excluding hydrogens is 462 g/mol. The minimum Gasteiger partial charge on any atom is -0.489 e. The Labute approximate surface area is 209 Å². The molecule has 3 heterocycles. The zero-order valence-electron chi connectivity index (χ0n) is 20.6. The van der Waals surface area contributed by atoms with E-state index in [1.54, 1.807) is 26.4 Å². The Hall–Kier alpha value is -3.73. The van der Waals surface area contributed by atoms with E-state index in [9.17, 15) is 4.79 Å². The van der Waals surface area contributed by atoms with Crippen molar-refractivity contribution in [1.29, 1.82) is 0 Å². The van der Waals surface area contributed by atoms with E-state index in [1.165, 1.54) is 6.33 Å². The fraction of sp³-hybridized carbons (Fsp3) is 0.480. The van der Waals surface area contributed by atoms with Crippen molar-refractivity contribution in [3.05, 3.63) is 36.4 Å². The van der Waals surface area contributed by atoms with Crippen molar-refractivity contribution in [3.63, 3.8) is 0 Å². The molecule has 0 spiro atoms. The van der Waals surface area contributed by atoms with E-state index in [2.05, 4.69) is 47.6 Å². The third-order valence-corrected chi connectivity index (χ3v) is 6.64. The molecule has 1 saturated carbocycles. The Kier molecular flexibility index (Phi) is 7.26. The highest BCUT2D eigenvalue weighted by atomic mass is 16.5. The highest BCUT2D eigenvalue weighted by Crippen LogP contribution is 2.38. The van der Waals surface area contributed by atoms with Crippen molar-refractivity contribution in [2.24, 2.45) is 0 Å². The lowest BCUT2D eigenvalue weighted by Gasteiger charge is -2.31. The number of benzene rings is 1. The number of hydrogen-bond acceptors (Lipinski definition) is 10. The maximum atomic E-state index is 11.9. The van der Waals surface area contributed by atoms with Gasteiger partial charge in [-0.05, 0) is 37.8 Å². The average Bonchev–Trinajstić information content (AvgIpc) is 2.93. The summed E-state index contributed by atoms with van der Waals surface area (Å²) in [5, 5.41) is 6.74. The summed E-state index contributed by atoms with van der Waals surface area (Å²) >= 11 is 0. The fourth-order valence-electron chi connectivity index (χ4n) is 4.73. The van der Waals surface area contributed by atoms with Crippen LogP contribution in [-0.4, -0.2) is 78.4 Å². The molecule has 2 fully saturated rings. The first-order valence-electron chi connectivity index (χ1n) is 12.3. The van der Waals surface area contributed by atoms with Gasteiger partial charge in [-0.15, -0.1) is 0 Å². The van der Waals surface area contributed by atoms with Gasteiger partial charge in [0.25, 0.3) is 5.91 Å². The molecule has 1 aliphatic carbocycles. The van der Waals surface area contributed by atoms with Gasteiger partial charge in [-0.3, -0.25) is 4.79 Å². The number of carbonyl (C=O) groups excluding carboxylic acids is 1.